The van der Waals surface area contributed by atoms with E-state index in [2.05, 4.69) is 16.4 Å². The third-order valence-corrected chi connectivity index (χ3v) is 3.18. The molecule has 0 unspecified atom stereocenters. The van der Waals surface area contributed by atoms with Crippen molar-refractivity contribution in [3.8, 4) is 6.07 Å². The molecule has 5 heteroatoms. The minimum Gasteiger partial charge on any atom is -0.478 e. The Labute approximate surface area is 122 Å². The second-order valence-electron chi connectivity index (χ2n) is 4.88. The summed E-state index contributed by atoms with van der Waals surface area (Å²) in [5, 5.41) is 21.4. The second kappa shape index (κ2) is 5.63. The van der Waals surface area contributed by atoms with Crippen LogP contribution in [0.5, 0.6) is 0 Å². The molecule has 2 N–H and O–H groups in total. The number of aromatic carboxylic acids is 1. The molecule has 1 aromatic carbocycles. The fourth-order valence-electron chi connectivity index (χ4n) is 2.15. The lowest BCUT2D eigenvalue weighted by atomic mass is 10.1. The molecule has 21 heavy (non-hydrogen) atoms. The molecule has 2 aromatic rings. The summed E-state index contributed by atoms with van der Waals surface area (Å²) in [7, 11) is 0. The standard InChI is InChI=1S/C16H15N3O2/c1-9-4-5-12(8-17)7-13(9)19-15-14(16(20)21)10(2)6-11(3)18-15/h4-7H,1-3H3,(H,18,19)(H,20,21). The van der Waals surface area contributed by atoms with Crippen LogP contribution in [0.4, 0.5) is 11.5 Å². The first kappa shape index (κ1) is 14.5. The highest BCUT2D eigenvalue weighted by Crippen LogP contribution is 2.25. The summed E-state index contributed by atoms with van der Waals surface area (Å²) >= 11 is 0. The van der Waals surface area contributed by atoms with Gasteiger partial charge in [-0.25, -0.2) is 9.78 Å². The molecule has 0 saturated heterocycles. The van der Waals surface area contributed by atoms with E-state index < -0.39 is 5.97 Å². The number of nitrogens with one attached hydrogen (secondary N) is 1. The second-order valence-corrected chi connectivity index (χ2v) is 4.88. The van der Waals surface area contributed by atoms with Crippen LogP contribution in [0.2, 0.25) is 0 Å². The highest BCUT2D eigenvalue weighted by Gasteiger charge is 2.16. The lowest BCUT2D eigenvalue weighted by Crippen LogP contribution is -2.09. The maximum atomic E-state index is 11.4. The minimum atomic E-state index is -1.03. The molecule has 0 aliphatic carbocycles. The number of rotatable bonds is 3. The summed E-state index contributed by atoms with van der Waals surface area (Å²) in [6.45, 7) is 5.43. The number of aryl methyl sites for hydroxylation is 3. The van der Waals surface area contributed by atoms with Gasteiger partial charge in [0.05, 0.1) is 11.6 Å². The van der Waals surface area contributed by atoms with E-state index in [0.29, 0.717) is 16.8 Å². The molecule has 0 aliphatic heterocycles. The number of hydrogen-bond acceptors (Lipinski definition) is 4. The first-order valence-electron chi connectivity index (χ1n) is 6.41. The fourth-order valence-corrected chi connectivity index (χ4v) is 2.15. The van der Waals surface area contributed by atoms with Crippen LogP contribution < -0.4 is 5.32 Å². The lowest BCUT2D eigenvalue weighted by Gasteiger charge is -2.14. The van der Waals surface area contributed by atoms with Crippen molar-refractivity contribution in [1.82, 2.24) is 4.98 Å². The Morgan fingerprint density at radius 2 is 1.95 bits per heavy atom. The van der Waals surface area contributed by atoms with Crippen LogP contribution in [0, 0.1) is 32.1 Å². The Kier molecular flexibility index (Phi) is 3.90. The molecule has 0 saturated carbocycles. The quantitative estimate of drug-likeness (QED) is 0.901. The molecule has 5 nitrogen and oxygen atoms in total. The van der Waals surface area contributed by atoms with E-state index in [0.717, 1.165) is 11.3 Å². The summed E-state index contributed by atoms with van der Waals surface area (Å²) in [5.74, 6) is -0.741. The smallest absolute Gasteiger partial charge is 0.339 e. The van der Waals surface area contributed by atoms with E-state index in [4.69, 9.17) is 5.26 Å². The molecule has 0 amide bonds. The van der Waals surface area contributed by atoms with Crippen LogP contribution in [-0.2, 0) is 0 Å². The van der Waals surface area contributed by atoms with Gasteiger partial charge < -0.3 is 10.4 Å². The molecule has 106 valence electrons. The van der Waals surface area contributed by atoms with Gasteiger partial charge in [-0.2, -0.15) is 5.26 Å². The van der Waals surface area contributed by atoms with Crippen LogP contribution >= 0.6 is 0 Å². The Morgan fingerprint density at radius 1 is 1.24 bits per heavy atom. The Hall–Kier alpha value is -2.87. The average Bonchev–Trinajstić information content (AvgIpc) is 2.40. The molecule has 0 bridgehead atoms. The zero-order chi connectivity index (χ0) is 15.6. The SMILES string of the molecule is Cc1cc(C)c(C(=O)O)c(Nc2cc(C#N)ccc2C)n1. The summed E-state index contributed by atoms with van der Waals surface area (Å²) in [4.78, 5) is 15.7. The summed E-state index contributed by atoms with van der Waals surface area (Å²) in [6.07, 6.45) is 0. The Balaban J connectivity index is 2.54. The van der Waals surface area contributed by atoms with Gasteiger partial charge in [0.2, 0.25) is 0 Å². The Morgan fingerprint density at radius 3 is 2.57 bits per heavy atom. The van der Waals surface area contributed by atoms with Crippen LogP contribution in [-0.4, -0.2) is 16.1 Å². The highest BCUT2D eigenvalue weighted by atomic mass is 16.4. The summed E-state index contributed by atoms with van der Waals surface area (Å²) in [5.41, 5.74) is 3.60. The molecule has 2 rings (SSSR count). The van der Waals surface area contributed by atoms with E-state index in [9.17, 15) is 9.90 Å². The number of benzene rings is 1. The normalized spacial score (nSPS) is 10.0. The van der Waals surface area contributed by atoms with Gasteiger partial charge in [0.15, 0.2) is 0 Å². The largest absolute Gasteiger partial charge is 0.478 e. The lowest BCUT2D eigenvalue weighted by molar-refractivity contribution is 0.0697. The van der Waals surface area contributed by atoms with Crippen molar-refractivity contribution >= 4 is 17.5 Å². The van der Waals surface area contributed by atoms with Crippen molar-refractivity contribution in [3.05, 3.63) is 52.2 Å². The van der Waals surface area contributed by atoms with Gasteiger partial charge >= 0.3 is 5.97 Å². The molecular weight excluding hydrogens is 266 g/mol. The van der Waals surface area contributed by atoms with Crippen LogP contribution in [0.15, 0.2) is 24.3 Å². The van der Waals surface area contributed by atoms with Crippen molar-refractivity contribution in [2.24, 2.45) is 0 Å². The van der Waals surface area contributed by atoms with E-state index >= 15 is 0 Å². The number of pyridine rings is 1. The van der Waals surface area contributed by atoms with Crippen molar-refractivity contribution in [3.63, 3.8) is 0 Å². The van der Waals surface area contributed by atoms with Gasteiger partial charge in [-0.05, 0) is 50.1 Å². The van der Waals surface area contributed by atoms with Gasteiger partial charge in [0.25, 0.3) is 0 Å². The number of anilines is 2. The maximum absolute atomic E-state index is 11.4. The predicted octanol–water partition coefficient (Wildman–Crippen LogP) is 3.32. The number of carbonyl (C=O) groups is 1. The minimum absolute atomic E-state index is 0.141. The molecule has 0 spiro atoms. The zero-order valence-corrected chi connectivity index (χ0v) is 12.1. The van der Waals surface area contributed by atoms with Crippen molar-refractivity contribution in [2.75, 3.05) is 5.32 Å². The monoisotopic (exact) mass is 281 g/mol. The molecule has 1 aromatic heterocycles. The maximum Gasteiger partial charge on any atom is 0.339 e. The van der Waals surface area contributed by atoms with Crippen LogP contribution in [0.25, 0.3) is 0 Å². The fraction of sp³-hybridized carbons (Fsp3) is 0.188. The first-order chi connectivity index (χ1) is 9.92. The van der Waals surface area contributed by atoms with E-state index in [1.54, 1.807) is 25.1 Å². The van der Waals surface area contributed by atoms with Gasteiger partial charge in [-0.15, -0.1) is 0 Å². The van der Waals surface area contributed by atoms with Gasteiger partial charge in [-0.1, -0.05) is 6.07 Å². The van der Waals surface area contributed by atoms with E-state index in [1.165, 1.54) is 0 Å². The molecule has 0 aliphatic rings. The zero-order valence-electron chi connectivity index (χ0n) is 12.1. The Bertz CT molecular complexity index is 761. The average molecular weight is 281 g/mol. The number of aromatic nitrogens is 1. The molecule has 0 fully saturated rings. The van der Waals surface area contributed by atoms with E-state index in [-0.39, 0.29) is 11.4 Å². The summed E-state index contributed by atoms with van der Waals surface area (Å²) < 4.78 is 0. The number of hydrogen-bond donors (Lipinski definition) is 2. The number of nitriles is 1. The predicted molar refractivity (Wildman–Crippen MR) is 79.8 cm³/mol. The topological polar surface area (TPSA) is 86.0 Å². The third kappa shape index (κ3) is 3.00. The molecule has 0 radical (unpaired) electrons. The highest BCUT2D eigenvalue weighted by molar-refractivity contribution is 5.95. The number of nitrogens with zero attached hydrogens (tertiary/aromatic N) is 2. The first-order valence-corrected chi connectivity index (χ1v) is 6.41. The van der Waals surface area contributed by atoms with Gasteiger partial charge in [-0.3, -0.25) is 0 Å². The van der Waals surface area contributed by atoms with Crippen molar-refractivity contribution in [2.45, 2.75) is 20.8 Å². The van der Waals surface area contributed by atoms with E-state index in [1.807, 2.05) is 19.9 Å². The third-order valence-electron chi connectivity index (χ3n) is 3.18. The molecule has 0 atom stereocenters. The van der Waals surface area contributed by atoms with Crippen LogP contribution in [0.3, 0.4) is 0 Å². The van der Waals surface area contributed by atoms with Crippen molar-refractivity contribution < 1.29 is 9.90 Å². The van der Waals surface area contributed by atoms with Gasteiger partial charge in [0, 0.05) is 11.4 Å². The number of carboxylic acid groups (broad SMARTS) is 1. The molecule has 1 heterocycles. The van der Waals surface area contributed by atoms with Gasteiger partial charge in [0.1, 0.15) is 11.4 Å². The van der Waals surface area contributed by atoms with Crippen molar-refractivity contribution in [1.29, 1.82) is 5.26 Å². The molecular formula is C16H15N3O2. The summed E-state index contributed by atoms with van der Waals surface area (Å²) in [6, 6.07) is 9.00. The number of carboxylic acids is 1. The van der Waals surface area contributed by atoms with Crippen LogP contribution in [0.1, 0.15) is 32.7 Å².